The quantitative estimate of drug-likeness (QED) is 0.741. The van der Waals surface area contributed by atoms with Gasteiger partial charge in [-0.1, -0.05) is 49.3 Å². The lowest BCUT2D eigenvalue weighted by molar-refractivity contribution is 0.0133. The van der Waals surface area contributed by atoms with Crippen LogP contribution in [0.5, 0.6) is 0 Å². The molecule has 0 aromatic heterocycles. The van der Waals surface area contributed by atoms with E-state index >= 15 is 0 Å². The Morgan fingerprint density at radius 3 is 3.00 bits per heavy atom. The average Bonchev–Trinajstić information content (AvgIpc) is 3.00. The SMILES string of the molecule is CC[C@H]1C[C@@]1(/C=C\CN)OC1C=CC=C(C)C1. The van der Waals surface area contributed by atoms with Gasteiger partial charge in [0.25, 0.3) is 0 Å². The van der Waals surface area contributed by atoms with E-state index in [1.54, 1.807) is 0 Å². The summed E-state index contributed by atoms with van der Waals surface area (Å²) in [6, 6.07) is 0. The monoisotopic (exact) mass is 233 g/mol. The number of hydrogen-bond donors (Lipinski definition) is 1. The minimum absolute atomic E-state index is 0.0270. The number of rotatable bonds is 5. The van der Waals surface area contributed by atoms with Crippen LogP contribution in [-0.4, -0.2) is 18.2 Å². The Morgan fingerprint density at radius 2 is 2.41 bits per heavy atom. The van der Waals surface area contributed by atoms with Crippen LogP contribution in [0.25, 0.3) is 0 Å². The molecule has 0 heterocycles. The summed E-state index contributed by atoms with van der Waals surface area (Å²) in [6.07, 6.45) is 14.2. The van der Waals surface area contributed by atoms with Crippen molar-refractivity contribution in [3.8, 4) is 0 Å². The van der Waals surface area contributed by atoms with E-state index in [4.69, 9.17) is 10.5 Å². The molecule has 2 N–H and O–H groups in total. The minimum atomic E-state index is -0.0270. The third-order valence-corrected chi connectivity index (χ3v) is 3.73. The van der Waals surface area contributed by atoms with Gasteiger partial charge in [0.05, 0.1) is 11.7 Å². The maximum atomic E-state index is 6.30. The molecular formula is C15H23NO. The van der Waals surface area contributed by atoms with Gasteiger partial charge in [-0.25, -0.2) is 0 Å². The second-order valence-corrected chi connectivity index (χ2v) is 5.16. The zero-order valence-electron chi connectivity index (χ0n) is 10.9. The van der Waals surface area contributed by atoms with Crippen molar-refractivity contribution in [1.82, 2.24) is 0 Å². The van der Waals surface area contributed by atoms with Gasteiger partial charge in [0, 0.05) is 6.54 Å². The van der Waals surface area contributed by atoms with Crippen molar-refractivity contribution in [2.24, 2.45) is 11.7 Å². The second kappa shape index (κ2) is 5.19. The van der Waals surface area contributed by atoms with E-state index in [1.165, 1.54) is 12.0 Å². The highest BCUT2D eigenvalue weighted by Crippen LogP contribution is 2.51. The van der Waals surface area contributed by atoms with Gasteiger partial charge < -0.3 is 10.5 Å². The van der Waals surface area contributed by atoms with Crippen molar-refractivity contribution in [2.45, 2.75) is 44.8 Å². The highest BCUT2D eigenvalue weighted by molar-refractivity contribution is 5.23. The fourth-order valence-electron chi connectivity index (χ4n) is 2.63. The number of nitrogens with two attached hydrogens (primary N) is 1. The lowest BCUT2D eigenvalue weighted by Gasteiger charge is -2.23. The minimum Gasteiger partial charge on any atom is -0.363 e. The molecule has 3 atom stereocenters. The zero-order valence-corrected chi connectivity index (χ0v) is 10.9. The molecule has 0 spiro atoms. The van der Waals surface area contributed by atoms with Crippen molar-refractivity contribution in [2.75, 3.05) is 6.54 Å². The van der Waals surface area contributed by atoms with Gasteiger partial charge in [-0.2, -0.15) is 0 Å². The smallest absolute Gasteiger partial charge is 0.0904 e. The molecule has 1 saturated carbocycles. The topological polar surface area (TPSA) is 35.2 Å². The van der Waals surface area contributed by atoms with Crippen LogP contribution in [0.1, 0.15) is 33.1 Å². The number of hydrogen-bond acceptors (Lipinski definition) is 2. The molecule has 1 fully saturated rings. The van der Waals surface area contributed by atoms with Crippen molar-refractivity contribution in [3.05, 3.63) is 36.0 Å². The van der Waals surface area contributed by atoms with E-state index in [1.807, 2.05) is 6.08 Å². The fourth-order valence-corrected chi connectivity index (χ4v) is 2.63. The Balaban J connectivity index is 1.98. The van der Waals surface area contributed by atoms with E-state index in [0.29, 0.717) is 12.5 Å². The molecular weight excluding hydrogens is 210 g/mol. The lowest BCUT2D eigenvalue weighted by atomic mass is 10.0. The summed E-state index contributed by atoms with van der Waals surface area (Å²) in [7, 11) is 0. The Bertz CT molecular complexity index is 356. The maximum Gasteiger partial charge on any atom is 0.0904 e. The molecule has 0 aromatic carbocycles. The van der Waals surface area contributed by atoms with Gasteiger partial charge in [0.2, 0.25) is 0 Å². The Hall–Kier alpha value is -0.860. The van der Waals surface area contributed by atoms with E-state index in [0.717, 1.165) is 12.8 Å². The van der Waals surface area contributed by atoms with E-state index < -0.39 is 0 Å². The van der Waals surface area contributed by atoms with Crippen LogP contribution in [0.4, 0.5) is 0 Å². The Kier molecular flexibility index (Phi) is 3.85. The Morgan fingerprint density at radius 1 is 1.59 bits per heavy atom. The molecule has 0 saturated heterocycles. The standard InChI is InChI=1S/C15H23NO/c1-3-13-11-15(13,8-5-9-16)17-14-7-4-6-12(2)10-14/h4-8,13-14H,3,9-11,16H2,1-2H3/b8-5-/t13-,14?,15+/m0/s1. The van der Waals surface area contributed by atoms with E-state index in [9.17, 15) is 0 Å². The number of ether oxygens (including phenoxy) is 1. The third kappa shape index (κ3) is 2.88. The van der Waals surface area contributed by atoms with Crippen LogP contribution in [0.3, 0.4) is 0 Å². The third-order valence-electron chi connectivity index (χ3n) is 3.73. The first kappa shape index (κ1) is 12.6. The van der Waals surface area contributed by atoms with Gasteiger partial charge in [0.1, 0.15) is 0 Å². The number of allylic oxidation sites excluding steroid dienone is 2. The van der Waals surface area contributed by atoms with Crippen molar-refractivity contribution >= 4 is 0 Å². The molecule has 2 nitrogen and oxygen atoms in total. The fraction of sp³-hybridized carbons (Fsp3) is 0.600. The predicted octanol–water partition coefficient (Wildman–Crippen LogP) is 2.96. The van der Waals surface area contributed by atoms with Gasteiger partial charge in [0.15, 0.2) is 0 Å². The predicted molar refractivity (Wildman–Crippen MR) is 71.7 cm³/mol. The zero-order chi connectivity index (χ0) is 12.3. The van der Waals surface area contributed by atoms with Gasteiger partial charge in [-0.15, -0.1) is 0 Å². The van der Waals surface area contributed by atoms with Crippen LogP contribution in [-0.2, 0) is 4.74 Å². The maximum absolute atomic E-state index is 6.30. The lowest BCUT2D eigenvalue weighted by Crippen LogP contribution is -2.24. The molecule has 2 rings (SSSR count). The molecule has 0 aromatic rings. The molecule has 0 radical (unpaired) electrons. The largest absolute Gasteiger partial charge is 0.363 e. The first-order valence-electron chi connectivity index (χ1n) is 6.59. The summed E-state index contributed by atoms with van der Waals surface area (Å²) in [6.45, 7) is 4.99. The summed E-state index contributed by atoms with van der Waals surface area (Å²) in [5, 5.41) is 0. The van der Waals surface area contributed by atoms with Crippen molar-refractivity contribution < 1.29 is 4.74 Å². The summed E-state index contributed by atoms with van der Waals surface area (Å²) < 4.78 is 6.30. The molecule has 2 heteroatoms. The van der Waals surface area contributed by atoms with Crippen LogP contribution in [0.2, 0.25) is 0 Å². The van der Waals surface area contributed by atoms with Gasteiger partial charge >= 0.3 is 0 Å². The first-order chi connectivity index (χ1) is 8.20. The Labute approximate surface area is 104 Å². The van der Waals surface area contributed by atoms with Gasteiger partial charge in [-0.3, -0.25) is 0 Å². The summed E-state index contributed by atoms with van der Waals surface area (Å²) in [5.74, 6) is 0.671. The molecule has 94 valence electrons. The summed E-state index contributed by atoms with van der Waals surface area (Å²) in [4.78, 5) is 0. The van der Waals surface area contributed by atoms with Crippen LogP contribution < -0.4 is 5.73 Å². The molecule has 0 bridgehead atoms. The van der Waals surface area contributed by atoms with Gasteiger partial charge in [-0.05, 0) is 25.7 Å². The van der Waals surface area contributed by atoms with E-state index in [2.05, 4.69) is 38.2 Å². The molecule has 0 amide bonds. The molecule has 2 aliphatic carbocycles. The van der Waals surface area contributed by atoms with Crippen LogP contribution in [0.15, 0.2) is 36.0 Å². The molecule has 1 unspecified atom stereocenters. The van der Waals surface area contributed by atoms with Crippen molar-refractivity contribution in [1.29, 1.82) is 0 Å². The average molecular weight is 233 g/mol. The normalized spacial score (nSPS) is 36.3. The molecule has 17 heavy (non-hydrogen) atoms. The summed E-state index contributed by atoms with van der Waals surface area (Å²) >= 11 is 0. The highest BCUT2D eigenvalue weighted by atomic mass is 16.5. The molecule has 0 aliphatic heterocycles. The first-order valence-corrected chi connectivity index (χ1v) is 6.59. The van der Waals surface area contributed by atoms with Crippen molar-refractivity contribution in [3.63, 3.8) is 0 Å². The summed E-state index contributed by atoms with van der Waals surface area (Å²) in [5.41, 5.74) is 6.91. The highest BCUT2D eigenvalue weighted by Gasteiger charge is 2.53. The van der Waals surface area contributed by atoms with Crippen LogP contribution in [0, 0.1) is 5.92 Å². The van der Waals surface area contributed by atoms with E-state index in [-0.39, 0.29) is 11.7 Å². The van der Waals surface area contributed by atoms with Crippen LogP contribution >= 0.6 is 0 Å². The molecule has 2 aliphatic rings. The second-order valence-electron chi connectivity index (χ2n) is 5.16.